The van der Waals surface area contributed by atoms with Gasteiger partial charge in [0, 0.05) is 0 Å². The first-order valence-corrected chi connectivity index (χ1v) is 8.31. The van der Waals surface area contributed by atoms with E-state index in [4.69, 9.17) is 9.47 Å². The molecule has 0 aliphatic carbocycles. The van der Waals surface area contributed by atoms with E-state index >= 15 is 0 Å². The molecule has 7 heteroatoms. The van der Waals surface area contributed by atoms with Crippen LogP contribution in [0, 0.1) is 0 Å². The molecule has 1 saturated heterocycles. The van der Waals surface area contributed by atoms with E-state index in [0.29, 0.717) is 5.75 Å². The quantitative estimate of drug-likeness (QED) is 0.509. The third-order valence-corrected chi connectivity index (χ3v) is 4.45. The van der Waals surface area contributed by atoms with Crippen LogP contribution in [0.2, 0.25) is 0 Å². The van der Waals surface area contributed by atoms with E-state index in [0.717, 1.165) is 16.7 Å². The Hall–Kier alpha value is -2.00. The zero-order valence-corrected chi connectivity index (χ0v) is 14.0. The molecule has 0 amide bonds. The van der Waals surface area contributed by atoms with Crippen molar-refractivity contribution >= 4 is 0 Å². The van der Waals surface area contributed by atoms with Crippen LogP contribution in [0.25, 0.3) is 11.1 Å². The van der Waals surface area contributed by atoms with E-state index in [9.17, 15) is 25.5 Å². The maximum Gasteiger partial charge on any atom is 0.229 e. The van der Waals surface area contributed by atoms with Gasteiger partial charge in [0.05, 0.1) is 13.2 Å². The summed E-state index contributed by atoms with van der Waals surface area (Å²) in [6.45, 7) is -0.582. The van der Waals surface area contributed by atoms with Gasteiger partial charge in [-0.2, -0.15) is 0 Å². The van der Waals surface area contributed by atoms with E-state index in [2.05, 4.69) is 0 Å². The first kappa shape index (κ1) is 18.8. The first-order valence-electron chi connectivity index (χ1n) is 8.31. The van der Waals surface area contributed by atoms with Crippen LogP contribution in [-0.2, 0) is 11.3 Å². The van der Waals surface area contributed by atoms with Crippen molar-refractivity contribution in [1.82, 2.24) is 0 Å². The van der Waals surface area contributed by atoms with Gasteiger partial charge in [0.15, 0.2) is 0 Å². The van der Waals surface area contributed by atoms with E-state index < -0.39 is 37.3 Å². The number of aliphatic hydroxyl groups excluding tert-OH is 5. The number of hydrogen-bond acceptors (Lipinski definition) is 7. The Morgan fingerprint density at radius 1 is 0.846 bits per heavy atom. The van der Waals surface area contributed by atoms with Gasteiger partial charge in [-0.15, -0.1) is 0 Å². The lowest BCUT2D eigenvalue weighted by molar-refractivity contribution is -0.277. The molecular weight excluding hydrogens is 340 g/mol. The molecule has 5 atom stereocenters. The summed E-state index contributed by atoms with van der Waals surface area (Å²) < 4.78 is 10.9. The molecular formula is C19H22O7. The fourth-order valence-corrected chi connectivity index (χ4v) is 2.95. The van der Waals surface area contributed by atoms with Gasteiger partial charge in [0.1, 0.15) is 30.2 Å². The molecule has 0 aromatic heterocycles. The smallest absolute Gasteiger partial charge is 0.229 e. The monoisotopic (exact) mass is 362 g/mol. The highest BCUT2D eigenvalue weighted by Crippen LogP contribution is 2.28. The molecule has 7 nitrogen and oxygen atoms in total. The van der Waals surface area contributed by atoms with Gasteiger partial charge < -0.3 is 35.0 Å². The lowest BCUT2D eigenvalue weighted by Gasteiger charge is -2.39. The van der Waals surface area contributed by atoms with Crippen molar-refractivity contribution in [2.75, 3.05) is 6.61 Å². The first-order chi connectivity index (χ1) is 12.5. The van der Waals surface area contributed by atoms with Crippen LogP contribution in [0.15, 0.2) is 48.5 Å². The summed E-state index contributed by atoms with van der Waals surface area (Å²) in [7, 11) is 0. The molecule has 1 aliphatic rings. The highest BCUT2D eigenvalue weighted by molar-refractivity contribution is 5.67. The van der Waals surface area contributed by atoms with Gasteiger partial charge in [-0.05, 0) is 28.8 Å². The number of aliphatic hydroxyl groups is 5. The van der Waals surface area contributed by atoms with Gasteiger partial charge in [-0.1, -0.05) is 36.4 Å². The van der Waals surface area contributed by atoms with Crippen LogP contribution in [0.3, 0.4) is 0 Å². The van der Waals surface area contributed by atoms with E-state index in [1.165, 1.54) is 0 Å². The van der Waals surface area contributed by atoms with Crippen molar-refractivity contribution in [1.29, 1.82) is 0 Å². The Kier molecular flexibility index (Phi) is 5.87. The van der Waals surface area contributed by atoms with Gasteiger partial charge in [-0.3, -0.25) is 0 Å². The second-order valence-corrected chi connectivity index (χ2v) is 6.15. The maximum absolute atomic E-state index is 10.0. The summed E-state index contributed by atoms with van der Waals surface area (Å²) in [5, 5.41) is 48.2. The molecule has 5 N–H and O–H groups in total. The molecule has 2 aromatic carbocycles. The summed E-state index contributed by atoms with van der Waals surface area (Å²) in [4.78, 5) is 0. The van der Waals surface area contributed by atoms with Crippen LogP contribution < -0.4 is 4.74 Å². The molecule has 1 aliphatic heterocycles. The van der Waals surface area contributed by atoms with Crippen molar-refractivity contribution < 1.29 is 35.0 Å². The van der Waals surface area contributed by atoms with Gasteiger partial charge in [0.25, 0.3) is 0 Å². The zero-order chi connectivity index (χ0) is 18.7. The van der Waals surface area contributed by atoms with Crippen LogP contribution in [0.1, 0.15) is 5.56 Å². The molecule has 0 bridgehead atoms. The Balaban J connectivity index is 1.75. The normalized spacial score (nSPS) is 28.7. The Labute approximate surface area is 150 Å². The largest absolute Gasteiger partial charge is 0.462 e. The second kappa shape index (κ2) is 8.13. The Bertz CT molecular complexity index is 716. The zero-order valence-electron chi connectivity index (χ0n) is 14.0. The van der Waals surface area contributed by atoms with E-state index in [-0.39, 0.29) is 6.61 Å². The molecule has 1 heterocycles. The summed E-state index contributed by atoms with van der Waals surface area (Å²) in [6, 6.07) is 14.4. The van der Waals surface area contributed by atoms with Crippen molar-refractivity contribution in [2.45, 2.75) is 37.3 Å². The van der Waals surface area contributed by atoms with Crippen molar-refractivity contribution in [3.05, 3.63) is 54.1 Å². The maximum atomic E-state index is 10.0. The lowest BCUT2D eigenvalue weighted by atomic mass is 9.99. The summed E-state index contributed by atoms with van der Waals surface area (Å²) in [5.41, 5.74) is 2.58. The van der Waals surface area contributed by atoms with Crippen molar-refractivity contribution in [2.24, 2.45) is 0 Å². The minimum atomic E-state index is -1.48. The SMILES string of the molecule is OCc1ccccc1-c1ccc(OC2OC(CO)C(O)C(O)C2O)cc1. The highest BCUT2D eigenvalue weighted by Gasteiger charge is 2.44. The van der Waals surface area contributed by atoms with E-state index in [1.807, 2.05) is 24.3 Å². The molecule has 26 heavy (non-hydrogen) atoms. The van der Waals surface area contributed by atoms with Crippen molar-refractivity contribution in [3.8, 4) is 16.9 Å². The van der Waals surface area contributed by atoms with Crippen LogP contribution in [-0.4, -0.2) is 62.8 Å². The molecule has 2 aromatic rings. The molecule has 3 rings (SSSR count). The number of ether oxygens (including phenoxy) is 2. The predicted molar refractivity (Wildman–Crippen MR) is 92.2 cm³/mol. The second-order valence-electron chi connectivity index (χ2n) is 6.15. The van der Waals surface area contributed by atoms with Crippen LogP contribution in [0.5, 0.6) is 5.75 Å². The Morgan fingerprint density at radius 3 is 2.19 bits per heavy atom. The number of rotatable bonds is 5. The number of hydrogen-bond donors (Lipinski definition) is 5. The minimum Gasteiger partial charge on any atom is -0.462 e. The molecule has 5 unspecified atom stereocenters. The van der Waals surface area contributed by atoms with Gasteiger partial charge >= 0.3 is 0 Å². The number of benzene rings is 2. The third kappa shape index (κ3) is 3.73. The topological polar surface area (TPSA) is 120 Å². The van der Waals surface area contributed by atoms with Crippen LogP contribution in [0.4, 0.5) is 0 Å². The van der Waals surface area contributed by atoms with Gasteiger partial charge in [-0.25, -0.2) is 0 Å². The fraction of sp³-hybridized carbons (Fsp3) is 0.368. The highest BCUT2D eigenvalue weighted by atomic mass is 16.7. The van der Waals surface area contributed by atoms with Gasteiger partial charge in [0.2, 0.25) is 6.29 Å². The molecule has 140 valence electrons. The molecule has 0 saturated carbocycles. The average Bonchev–Trinajstić information content (AvgIpc) is 2.69. The average molecular weight is 362 g/mol. The molecule has 1 fully saturated rings. The van der Waals surface area contributed by atoms with E-state index in [1.54, 1.807) is 24.3 Å². The summed E-state index contributed by atoms with van der Waals surface area (Å²) in [6.07, 6.45) is -6.60. The summed E-state index contributed by atoms with van der Waals surface area (Å²) in [5.74, 6) is 0.388. The minimum absolute atomic E-state index is 0.0701. The summed E-state index contributed by atoms with van der Waals surface area (Å²) >= 11 is 0. The van der Waals surface area contributed by atoms with Crippen LogP contribution >= 0.6 is 0 Å². The molecule has 0 radical (unpaired) electrons. The standard InChI is InChI=1S/C19H22O7/c20-9-12-3-1-2-4-14(12)11-5-7-13(8-6-11)25-19-18(24)17(23)16(22)15(10-21)26-19/h1-8,15-24H,9-10H2. The fourth-order valence-electron chi connectivity index (χ4n) is 2.95. The third-order valence-electron chi connectivity index (χ3n) is 4.45. The molecule has 0 spiro atoms. The van der Waals surface area contributed by atoms with Crippen molar-refractivity contribution in [3.63, 3.8) is 0 Å². The predicted octanol–water partition coefficient (Wildman–Crippen LogP) is 0.0246. The lowest BCUT2D eigenvalue weighted by Crippen LogP contribution is -2.60. The Morgan fingerprint density at radius 2 is 1.54 bits per heavy atom.